The molecule has 2 rings (SSSR count). The van der Waals surface area contributed by atoms with E-state index in [0.29, 0.717) is 0 Å². The summed E-state index contributed by atoms with van der Waals surface area (Å²) in [5.74, 6) is 0. The lowest BCUT2D eigenvalue weighted by Crippen LogP contribution is -2.17. The Kier molecular flexibility index (Phi) is 2.07. The van der Waals surface area contributed by atoms with Crippen molar-refractivity contribution in [2.75, 3.05) is 0 Å². The van der Waals surface area contributed by atoms with Gasteiger partial charge in [-0.1, -0.05) is 6.07 Å². The second kappa shape index (κ2) is 3.23. The van der Waals surface area contributed by atoms with Gasteiger partial charge < -0.3 is 10.2 Å². The molecule has 0 aliphatic heterocycles. The van der Waals surface area contributed by atoms with Gasteiger partial charge in [0.05, 0.1) is 6.26 Å². The number of rotatable bonds is 2. The zero-order chi connectivity index (χ0) is 9.26. The van der Waals surface area contributed by atoms with E-state index in [-0.39, 0.29) is 6.04 Å². The molecule has 1 aromatic heterocycles. The molecular formula is C11H13NO. The summed E-state index contributed by atoms with van der Waals surface area (Å²) >= 11 is 0. The van der Waals surface area contributed by atoms with Crippen LogP contribution in [0.4, 0.5) is 0 Å². The Hall–Kier alpha value is -1.28. The van der Waals surface area contributed by atoms with Crippen molar-refractivity contribution < 1.29 is 4.42 Å². The summed E-state index contributed by atoms with van der Waals surface area (Å²) in [6, 6.07) is 8.37. The van der Waals surface area contributed by atoms with Crippen LogP contribution in [0, 0.1) is 0 Å². The lowest BCUT2D eigenvalue weighted by molar-refractivity contribution is 0.615. The highest BCUT2D eigenvalue weighted by atomic mass is 16.3. The maximum atomic E-state index is 5.72. The molecule has 0 spiro atoms. The Labute approximate surface area is 77.3 Å². The molecule has 2 aromatic rings. The summed E-state index contributed by atoms with van der Waals surface area (Å²) in [6.07, 6.45) is 2.63. The minimum Gasteiger partial charge on any atom is -0.464 e. The number of hydrogen-bond donors (Lipinski definition) is 1. The highest BCUT2D eigenvalue weighted by molar-refractivity contribution is 5.77. The SMILES string of the molecule is CC(N)Cc1ccc2occc2c1. The van der Waals surface area contributed by atoms with Crippen LogP contribution < -0.4 is 5.73 Å². The van der Waals surface area contributed by atoms with E-state index in [1.54, 1.807) is 6.26 Å². The second-order valence-electron chi connectivity index (χ2n) is 3.47. The van der Waals surface area contributed by atoms with Crippen molar-refractivity contribution in [2.24, 2.45) is 5.73 Å². The fourth-order valence-corrected chi connectivity index (χ4v) is 1.51. The summed E-state index contributed by atoms with van der Waals surface area (Å²) in [5.41, 5.74) is 7.93. The van der Waals surface area contributed by atoms with Crippen molar-refractivity contribution in [1.29, 1.82) is 0 Å². The average Bonchev–Trinajstić information content (AvgIpc) is 2.49. The predicted molar refractivity (Wildman–Crippen MR) is 53.6 cm³/mol. The summed E-state index contributed by atoms with van der Waals surface area (Å²) < 4.78 is 5.25. The van der Waals surface area contributed by atoms with Gasteiger partial charge in [0.25, 0.3) is 0 Å². The molecule has 2 N–H and O–H groups in total. The van der Waals surface area contributed by atoms with Gasteiger partial charge in [0.15, 0.2) is 0 Å². The third kappa shape index (κ3) is 1.73. The molecule has 0 aliphatic rings. The first-order valence-corrected chi connectivity index (χ1v) is 4.47. The topological polar surface area (TPSA) is 39.2 Å². The largest absolute Gasteiger partial charge is 0.464 e. The van der Waals surface area contributed by atoms with Gasteiger partial charge >= 0.3 is 0 Å². The number of nitrogens with two attached hydrogens (primary N) is 1. The third-order valence-corrected chi connectivity index (χ3v) is 2.07. The van der Waals surface area contributed by atoms with Gasteiger partial charge in [-0.25, -0.2) is 0 Å². The molecule has 0 fully saturated rings. The van der Waals surface area contributed by atoms with Gasteiger partial charge in [-0.05, 0) is 37.1 Å². The molecule has 13 heavy (non-hydrogen) atoms. The minimum absolute atomic E-state index is 0.212. The van der Waals surface area contributed by atoms with E-state index < -0.39 is 0 Å². The zero-order valence-electron chi connectivity index (χ0n) is 7.66. The monoisotopic (exact) mass is 175 g/mol. The van der Waals surface area contributed by atoms with Gasteiger partial charge in [0, 0.05) is 11.4 Å². The van der Waals surface area contributed by atoms with Gasteiger partial charge in [-0.3, -0.25) is 0 Å². The maximum Gasteiger partial charge on any atom is 0.133 e. The standard InChI is InChI=1S/C11H13NO/c1-8(12)6-9-2-3-11-10(7-9)4-5-13-11/h2-5,7-8H,6,12H2,1H3. The second-order valence-corrected chi connectivity index (χ2v) is 3.47. The third-order valence-electron chi connectivity index (χ3n) is 2.07. The number of benzene rings is 1. The lowest BCUT2D eigenvalue weighted by Gasteiger charge is -2.04. The van der Waals surface area contributed by atoms with Crippen LogP contribution in [-0.2, 0) is 6.42 Å². The van der Waals surface area contributed by atoms with Crippen LogP contribution in [0.2, 0.25) is 0 Å². The summed E-state index contributed by atoms with van der Waals surface area (Å²) in [4.78, 5) is 0. The molecule has 0 saturated heterocycles. The molecule has 1 heterocycles. The fourth-order valence-electron chi connectivity index (χ4n) is 1.51. The molecule has 0 bridgehead atoms. The van der Waals surface area contributed by atoms with Crippen LogP contribution in [0.1, 0.15) is 12.5 Å². The van der Waals surface area contributed by atoms with E-state index in [4.69, 9.17) is 10.2 Å². The number of furan rings is 1. The van der Waals surface area contributed by atoms with E-state index in [1.165, 1.54) is 5.56 Å². The number of hydrogen-bond acceptors (Lipinski definition) is 2. The van der Waals surface area contributed by atoms with E-state index in [0.717, 1.165) is 17.4 Å². The Bertz CT molecular complexity index is 403. The molecule has 0 radical (unpaired) electrons. The van der Waals surface area contributed by atoms with Crippen LogP contribution in [0.15, 0.2) is 34.9 Å². The van der Waals surface area contributed by atoms with E-state index in [1.807, 2.05) is 19.1 Å². The first kappa shape index (κ1) is 8.32. The Morgan fingerprint density at radius 1 is 1.38 bits per heavy atom. The molecule has 1 unspecified atom stereocenters. The van der Waals surface area contributed by atoms with Crippen molar-refractivity contribution in [3.05, 3.63) is 36.1 Å². The Morgan fingerprint density at radius 3 is 3.00 bits per heavy atom. The smallest absolute Gasteiger partial charge is 0.133 e. The first-order valence-electron chi connectivity index (χ1n) is 4.47. The van der Waals surface area contributed by atoms with Crippen molar-refractivity contribution in [2.45, 2.75) is 19.4 Å². The zero-order valence-corrected chi connectivity index (χ0v) is 7.66. The average molecular weight is 175 g/mol. The number of fused-ring (bicyclic) bond motifs is 1. The van der Waals surface area contributed by atoms with Crippen LogP contribution in [-0.4, -0.2) is 6.04 Å². The molecule has 2 nitrogen and oxygen atoms in total. The van der Waals surface area contributed by atoms with E-state index in [9.17, 15) is 0 Å². The Balaban J connectivity index is 2.37. The predicted octanol–water partition coefficient (Wildman–Crippen LogP) is 2.32. The maximum absolute atomic E-state index is 5.72. The van der Waals surface area contributed by atoms with Gasteiger partial charge in [-0.2, -0.15) is 0 Å². The van der Waals surface area contributed by atoms with Gasteiger partial charge in [0.1, 0.15) is 5.58 Å². The summed E-state index contributed by atoms with van der Waals surface area (Å²) in [7, 11) is 0. The van der Waals surface area contributed by atoms with Crippen LogP contribution in [0.5, 0.6) is 0 Å². The quantitative estimate of drug-likeness (QED) is 0.760. The van der Waals surface area contributed by atoms with Crippen LogP contribution in [0.3, 0.4) is 0 Å². The summed E-state index contributed by atoms with van der Waals surface area (Å²) in [5, 5.41) is 1.15. The molecule has 0 saturated carbocycles. The van der Waals surface area contributed by atoms with Crippen LogP contribution >= 0.6 is 0 Å². The van der Waals surface area contributed by atoms with Gasteiger partial charge in [0.2, 0.25) is 0 Å². The van der Waals surface area contributed by atoms with Crippen molar-refractivity contribution >= 4 is 11.0 Å². The normalized spacial score (nSPS) is 13.4. The molecule has 0 amide bonds. The minimum atomic E-state index is 0.212. The fraction of sp³-hybridized carbons (Fsp3) is 0.273. The molecule has 1 aromatic carbocycles. The Morgan fingerprint density at radius 2 is 2.23 bits per heavy atom. The van der Waals surface area contributed by atoms with Gasteiger partial charge in [-0.15, -0.1) is 0 Å². The molecular weight excluding hydrogens is 162 g/mol. The van der Waals surface area contributed by atoms with E-state index >= 15 is 0 Å². The highest BCUT2D eigenvalue weighted by Gasteiger charge is 2.00. The molecule has 0 aliphatic carbocycles. The van der Waals surface area contributed by atoms with Crippen LogP contribution in [0.25, 0.3) is 11.0 Å². The van der Waals surface area contributed by atoms with Crippen molar-refractivity contribution in [3.63, 3.8) is 0 Å². The van der Waals surface area contributed by atoms with Crippen molar-refractivity contribution in [3.8, 4) is 0 Å². The molecule has 68 valence electrons. The van der Waals surface area contributed by atoms with Crippen molar-refractivity contribution in [1.82, 2.24) is 0 Å². The molecule has 1 atom stereocenters. The molecule has 2 heteroatoms. The first-order chi connectivity index (χ1) is 6.25. The lowest BCUT2D eigenvalue weighted by atomic mass is 10.1. The highest BCUT2D eigenvalue weighted by Crippen LogP contribution is 2.17. The van der Waals surface area contributed by atoms with E-state index in [2.05, 4.69) is 12.1 Å². The summed E-state index contributed by atoms with van der Waals surface area (Å²) in [6.45, 7) is 2.01.